The van der Waals surface area contributed by atoms with E-state index in [1.165, 1.54) is 11.3 Å². The molecule has 1 amide bonds. The molecule has 3 aromatic rings. The Kier molecular flexibility index (Phi) is 6.13. The Morgan fingerprint density at radius 1 is 1.45 bits per heavy atom. The van der Waals surface area contributed by atoms with Crippen molar-refractivity contribution in [2.45, 2.75) is 19.4 Å². The van der Waals surface area contributed by atoms with Gasteiger partial charge in [0.15, 0.2) is 0 Å². The zero-order chi connectivity index (χ0) is 20.2. The van der Waals surface area contributed by atoms with Crippen LogP contribution in [0.2, 0.25) is 5.02 Å². The van der Waals surface area contributed by atoms with Gasteiger partial charge >= 0.3 is 0 Å². The van der Waals surface area contributed by atoms with Crippen LogP contribution in [0.5, 0.6) is 5.75 Å². The number of morpholine rings is 1. The zero-order valence-corrected chi connectivity index (χ0v) is 17.5. The van der Waals surface area contributed by atoms with Crippen molar-refractivity contribution in [3.8, 4) is 5.75 Å². The van der Waals surface area contributed by atoms with Gasteiger partial charge in [0.05, 0.1) is 36.7 Å². The van der Waals surface area contributed by atoms with Gasteiger partial charge in [0.2, 0.25) is 0 Å². The quantitative estimate of drug-likeness (QED) is 0.642. The molecule has 152 valence electrons. The predicted octanol–water partition coefficient (Wildman–Crippen LogP) is 3.66. The summed E-state index contributed by atoms with van der Waals surface area (Å²) in [7, 11) is 0. The lowest BCUT2D eigenvalue weighted by atomic mass is 10.1. The highest BCUT2D eigenvalue weighted by Crippen LogP contribution is 2.24. The summed E-state index contributed by atoms with van der Waals surface area (Å²) in [4.78, 5) is 19.4. The van der Waals surface area contributed by atoms with Gasteiger partial charge in [0, 0.05) is 23.7 Å². The molecule has 9 heteroatoms. The van der Waals surface area contributed by atoms with Gasteiger partial charge < -0.3 is 14.4 Å². The molecule has 1 aliphatic heterocycles. The van der Waals surface area contributed by atoms with Crippen LogP contribution in [0.25, 0.3) is 0 Å². The first kappa shape index (κ1) is 19.9. The van der Waals surface area contributed by atoms with Crippen molar-refractivity contribution < 1.29 is 14.3 Å². The van der Waals surface area contributed by atoms with Crippen molar-refractivity contribution in [3.63, 3.8) is 0 Å². The second kappa shape index (κ2) is 8.94. The first-order valence-electron chi connectivity index (χ1n) is 9.33. The lowest BCUT2D eigenvalue weighted by molar-refractivity contribution is -0.0246. The second-order valence-electron chi connectivity index (χ2n) is 6.75. The number of aromatic nitrogens is 3. The monoisotopic (exact) mass is 432 g/mol. The number of benzene rings is 1. The van der Waals surface area contributed by atoms with Crippen molar-refractivity contribution in [2.75, 3.05) is 26.3 Å². The Bertz CT molecular complexity index is 990. The minimum Gasteiger partial charge on any atom is -0.493 e. The topological polar surface area (TPSA) is 80.3 Å². The molecule has 0 spiro atoms. The van der Waals surface area contributed by atoms with E-state index in [2.05, 4.69) is 15.2 Å². The molecule has 1 saturated heterocycles. The van der Waals surface area contributed by atoms with E-state index in [-0.39, 0.29) is 12.0 Å². The molecular weight excluding hydrogens is 412 g/mol. The second-order valence-corrected chi connectivity index (χ2v) is 8.04. The van der Waals surface area contributed by atoms with E-state index < -0.39 is 0 Å². The smallest absolute Gasteiger partial charge is 0.266 e. The molecule has 1 aromatic carbocycles. The summed E-state index contributed by atoms with van der Waals surface area (Å²) in [5.41, 5.74) is 4.21. The van der Waals surface area contributed by atoms with Crippen LogP contribution in [-0.4, -0.2) is 52.3 Å². The molecule has 7 nitrogen and oxygen atoms in total. The number of nitrogens with zero attached hydrogens (tertiary/aromatic N) is 3. The SMILES string of the molecule is Cc1ncsc1C(=O)N1CCO[C@@H](c2cc(CCOc3cccc(Cl)c3)[nH]n2)C1. The fraction of sp³-hybridized carbons (Fsp3) is 0.350. The van der Waals surface area contributed by atoms with Crippen molar-refractivity contribution in [1.82, 2.24) is 20.1 Å². The number of rotatable bonds is 6. The van der Waals surface area contributed by atoms with Gasteiger partial charge in [-0.25, -0.2) is 4.98 Å². The van der Waals surface area contributed by atoms with E-state index in [0.717, 1.165) is 22.8 Å². The minimum atomic E-state index is -0.250. The Balaban J connectivity index is 1.33. The number of nitrogens with one attached hydrogen (secondary N) is 1. The first-order valence-corrected chi connectivity index (χ1v) is 10.6. The summed E-state index contributed by atoms with van der Waals surface area (Å²) in [6, 6.07) is 9.29. The van der Waals surface area contributed by atoms with Crippen LogP contribution in [0, 0.1) is 6.92 Å². The fourth-order valence-corrected chi connectivity index (χ4v) is 4.12. The Morgan fingerprint density at radius 3 is 3.14 bits per heavy atom. The lowest BCUT2D eigenvalue weighted by Gasteiger charge is -2.31. The number of amides is 1. The highest BCUT2D eigenvalue weighted by Gasteiger charge is 2.29. The summed E-state index contributed by atoms with van der Waals surface area (Å²) in [5, 5.41) is 8.06. The first-order chi connectivity index (χ1) is 14.1. The predicted molar refractivity (Wildman–Crippen MR) is 111 cm³/mol. The molecule has 1 aliphatic rings. The fourth-order valence-electron chi connectivity index (χ4n) is 3.17. The van der Waals surface area contributed by atoms with Crippen LogP contribution in [0.15, 0.2) is 35.8 Å². The molecule has 0 bridgehead atoms. The molecule has 0 aliphatic carbocycles. The van der Waals surface area contributed by atoms with E-state index in [9.17, 15) is 4.79 Å². The maximum Gasteiger partial charge on any atom is 0.266 e. The van der Waals surface area contributed by atoms with Gasteiger partial charge in [-0.2, -0.15) is 5.10 Å². The molecule has 3 heterocycles. The van der Waals surface area contributed by atoms with Gasteiger partial charge in [-0.3, -0.25) is 9.89 Å². The normalized spacial score (nSPS) is 16.8. The molecular formula is C20H21ClN4O3S. The van der Waals surface area contributed by atoms with E-state index in [4.69, 9.17) is 21.1 Å². The maximum absolute atomic E-state index is 12.8. The number of ether oxygens (including phenoxy) is 2. The van der Waals surface area contributed by atoms with Gasteiger partial charge in [0.1, 0.15) is 16.7 Å². The van der Waals surface area contributed by atoms with Gasteiger partial charge in [-0.05, 0) is 31.2 Å². The number of carbonyl (C=O) groups excluding carboxylic acids is 1. The zero-order valence-electron chi connectivity index (χ0n) is 15.9. The molecule has 0 saturated carbocycles. The third-order valence-corrected chi connectivity index (χ3v) is 5.86. The number of hydrogen-bond acceptors (Lipinski definition) is 6. The highest BCUT2D eigenvalue weighted by atomic mass is 35.5. The van der Waals surface area contributed by atoms with Crippen molar-refractivity contribution >= 4 is 28.8 Å². The van der Waals surface area contributed by atoms with Crippen LogP contribution in [0.4, 0.5) is 0 Å². The molecule has 0 unspecified atom stereocenters. The standard InChI is InChI=1S/C20H21ClN4O3S/c1-13-19(29-12-22-13)20(26)25-6-8-28-18(11-25)17-10-15(23-24-17)5-7-27-16-4-2-3-14(21)9-16/h2-4,9-10,12,18H,5-8,11H2,1H3,(H,23,24)/t18-/m1/s1. The Morgan fingerprint density at radius 2 is 2.34 bits per heavy atom. The average molecular weight is 433 g/mol. The van der Waals surface area contributed by atoms with Gasteiger partial charge in [-0.1, -0.05) is 17.7 Å². The van der Waals surface area contributed by atoms with Crippen LogP contribution >= 0.6 is 22.9 Å². The van der Waals surface area contributed by atoms with E-state index >= 15 is 0 Å². The minimum absolute atomic E-state index is 0.00369. The highest BCUT2D eigenvalue weighted by molar-refractivity contribution is 7.11. The van der Waals surface area contributed by atoms with Gasteiger partial charge in [-0.15, -0.1) is 11.3 Å². The van der Waals surface area contributed by atoms with E-state index in [1.54, 1.807) is 11.6 Å². The number of thiazole rings is 1. The number of H-pyrrole nitrogens is 1. The summed E-state index contributed by atoms with van der Waals surface area (Å²) in [6.45, 7) is 3.88. The number of carbonyl (C=O) groups is 1. The van der Waals surface area contributed by atoms with Crippen LogP contribution < -0.4 is 4.74 Å². The summed E-state index contributed by atoms with van der Waals surface area (Å²) >= 11 is 7.34. The Hall–Kier alpha value is -2.42. The van der Waals surface area contributed by atoms with Crippen molar-refractivity contribution in [1.29, 1.82) is 0 Å². The summed E-state index contributed by atoms with van der Waals surface area (Å²) in [6.07, 6.45) is 0.425. The molecule has 2 aromatic heterocycles. The largest absolute Gasteiger partial charge is 0.493 e. The summed E-state index contributed by atoms with van der Waals surface area (Å²) in [5.74, 6) is 0.740. The van der Waals surface area contributed by atoms with Crippen LogP contribution in [-0.2, 0) is 11.2 Å². The summed E-state index contributed by atoms with van der Waals surface area (Å²) < 4.78 is 11.6. The molecule has 29 heavy (non-hydrogen) atoms. The lowest BCUT2D eigenvalue weighted by Crippen LogP contribution is -2.42. The van der Waals surface area contributed by atoms with E-state index in [0.29, 0.717) is 42.6 Å². The van der Waals surface area contributed by atoms with Crippen molar-refractivity contribution in [3.05, 3.63) is 62.8 Å². The Labute approximate surface area is 177 Å². The number of aryl methyl sites for hydroxylation is 1. The molecule has 1 N–H and O–H groups in total. The van der Waals surface area contributed by atoms with Crippen LogP contribution in [0.1, 0.15) is 32.9 Å². The average Bonchev–Trinajstić information content (AvgIpc) is 3.37. The molecule has 0 radical (unpaired) electrons. The third-order valence-electron chi connectivity index (χ3n) is 4.71. The molecule has 1 atom stereocenters. The van der Waals surface area contributed by atoms with E-state index in [1.807, 2.05) is 36.1 Å². The molecule has 4 rings (SSSR count). The number of halogens is 1. The van der Waals surface area contributed by atoms with Gasteiger partial charge in [0.25, 0.3) is 5.91 Å². The van der Waals surface area contributed by atoms with Crippen LogP contribution in [0.3, 0.4) is 0 Å². The molecule has 1 fully saturated rings. The number of aromatic amines is 1. The maximum atomic E-state index is 12.8. The number of hydrogen-bond donors (Lipinski definition) is 1. The van der Waals surface area contributed by atoms with Crippen molar-refractivity contribution in [2.24, 2.45) is 0 Å². The third kappa shape index (κ3) is 4.77.